The number of aliphatic hydroxyl groups is 1. The van der Waals surface area contributed by atoms with Gasteiger partial charge in [0.15, 0.2) is 11.6 Å². The van der Waals surface area contributed by atoms with Gasteiger partial charge in [-0.05, 0) is 18.6 Å². The van der Waals surface area contributed by atoms with Gasteiger partial charge >= 0.3 is 0 Å². The number of morpholine rings is 1. The van der Waals surface area contributed by atoms with Crippen LogP contribution in [0.3, 0.4) is 0 Å². The number of carbonyl (C=O) groups excluding carboxylic acids is 1. The third-order valence-corrected chi connectivity index (χ3v) is 7.76. The lowest BCUT2D eigenvalue weighted by Gasteiger charge is -2.28. The minimum atomic E-state index is -0.686. The summed E-state index contributed by atoms with van der Waals surface area (Å²) in [7, 11) is 0. The van der Waals surface area contributed by atoms with Gasteiger partial charge in [-0.2, -0.15) is 5.10 Å². The van der Waals surface area contributed by atoms with Crippen molar-refractivity contribution < 1.29 is 19.8 Å². The van der Waals surface area contributed by atoms with Gasteiger partial charge in [-0.25, -0.2) is 25.4 Å². The molecule has 0 unspecified atom stereocenters. The SMILES string of the molecule is O=C(NO)c1cnc(N(CCCO)Cc2cc3nc(-c4cccc5[nH]ncc45)nc(N4CCOCC4)c3s2)nc1. The molecule has 1 aliphatic rings. The highest BCUT2D eigenvalue weighted by Gasteiger charge is 2.22. The molecule has 0 radical (unpaired) electrons. The monoisotopic (exact) mass is 561 g/mol. The van der Waals surface area contributed by atoms with Gasteiger partial charge in [0.05, 0.1) is 47.3 Å². The van der Waals surface area contributed by atoms with Gasteiger partial charge in [0.2, 0.25) is 5.95 Å². The number of hydrogen-bond acceptors (Lipinski definition) is 12. The zero-order valence-electron chi connectivity index (χ0n) is 21.4. The summed E-state index contributed by atoms with van der Waals surface area (Å²) in [6.07, 6.45) is 5.02. The quantitative estimate of drug-likeness (QED) is 0.154. The molecule has 1 aliphatic heterocycles. The largest absolute Gasteiger partial charge is 0.396 e. The molecule has 1 aromatic carbocycles. The number of hydroxylamine groups is 1. The number of rotatable bonds is 9. The molecule has 0 atom stereocenters. The predicted molar refractivity (Wildman–Crippen MR) is 150 cm³/mol. The Labute approximate surface area is 232 Å². The Bertz CT molecular complexity index is 1630. The summed E-state index contributed by atoms with van der Waals surface area (Å²) in [5, 5.41) is 26.5. The van der Waals surface area contributed by atoms with Crippen molar-refractivity contribution in [3.8, 4) is 11.4 Å². The van der Waals surface area contributed by atoms with Crippen molar-refractivity contribution in [2.24, 2.45) is 0 Å². The average molecular weight is 562 g/mol. The van der Waals surface area contributed by atoms with Crippen molar-refractivity contribution in [1.29, 1.82) is 0 Å². The molecule has 206 valence electrons. The highest BCUT2D eigenvalue weighted by molar-refractivity contribution is 7.19. The van der Waals surface area contributed by atoms with Crippen molar-refractivity contribution >= 4 is 50.1 Å². The first kappa shape index (κ1) is 26.0. The molecule has 5 heterocycles. The molecule has 0 aliphatic carbocycles. The molecular formula is C26H27N9O4S. The second-order valence-electron chi connectivity index (χ2n) is 9.25. The Morgan fingerprint density at radius 2 is 2.00 bits per heavy atom. The molecule has 1 saturated heterocycles. The summed E-state index contributed by atoms with van der Waals surface area (Å²) in [6.45, 7) is 3.73. The number of amides is 1. The van der Waals surface area contributed by atoms with Gasteiger partial charge in [-0.3, -0.25) is 15.1 Å². The maximum Gasteiger partial charge on any atom is 0.277 e. The van der Waals surface area contributed by atoms with Crippen LogP contribution in [0.5, 0.6) is 0 Å². The topological polar surface area (TPSA) is 166 Å². The van der Waals surface area contributed by atoms with Crippen LogP contribution in [-0.4, -0.2) is 85.8 Å². The van der Waals surface area contributed by atoms with E-state index < -0.39 is 5.91 Å². The Hall–Kier alpha value is -4.24. The number of nitrogens with zero attached hydrogens (tertiary/aromatic N) is 7. The van der Waals surface area contributed by atoms with Crippen LogP contribution < -0.4 is 15.3 Å². The summed E-state index contributed by atoms with van der Waals surface area (Å²) >= 11 is 1.61. The van der Waals surface area contributed by atoms with Gasteiger partial charge in [0.1, 0.15) is 0 Å². The van der Waals surface area contributed by atoms with Gasteiger partial charge in [0.25, 0.3) is 5.91 Å². The van der Waals surface area contributed by atoms with E-state index in [1.54, 1.807) is 23.0 Å². The second-order valence-corrected chi connectivity index (χ2v) is 10.4. The van der Waals surface area contributed by atoms with Crippen LogP contribution in [0.2, 0.25) is 0 Å². The van der Waals surface area contributed by atoms with E-state index in [4.69, 9.17) is 19.9 Å². The Morgan fingerprint density at radius 3 is 2.77 bits per heavy atom. The van der Waals surface area contributed by atoms with Crippen LogP contribution in [0, 0.1) is 0 Å². The van der Waals surface area contributed by atoms with Crippen molar-refractivity contribution in [3.63, 3.8) is 0 Å². The van der Waals surface area contributed by atoms with Crippen molar-refractivity contribution in [2.75, 3.05) is 49.3 Å². The minimum Gasteiger partial charge on any atom is -0.396 e. The summed E-state index contributed by atoms with van der Waals surface area (Å²) < 4.78 is 6.58. The Balaban J connectivity index is 1.39. The molecule has 5 aromatic rings. The van der Waals surface area contributed by atoms with E-state index in [1.807, 2.05) is 23.1 Å². The van der Waals surface area contributed by atoms with Gasteiger partial charge in [-0.1, -0.05) is 12.1 Å². The molecule has 0 saturated carbocycles. The number of thiophene rings is 1. The summed E-state index contributed by atoms with van der Waals surface area (Å²) in [5.41, 5.74) is 4.38. The predicted octanol–water partition coefficient (Wildman–Crippen LogP) is 2.37. The first-order valence-corrected chi connectivity index (χ1v) is 13.6. The maximum atomic E-state index is 11.7. The number of nitrogens with one attached hydrogen (secondary N) is 2. The van der Waals surface area contributed by atoms with Gasteiger partial charge in [-0.15, -0.1) is 11.3 Å². The smallest absolute Gasteiger partial charge is 0.277 e. The molecule has 40 heavy (non-hydrogen) atoms. The summed E-state index contributed by atoms with van der Waals surface area (Å²) in [6, 6.07) is 8.00. The molecule has 1 amide bonds. The van der Waals surface area contributed by atoms with Crippen LogP contribution in [0.15, 0.2) is 42.9 Å². The number of carbonyl (C=O) groups is 1. The zero-order valence-corrected chi connectivity index (χ0v) is 22.3. The molecular weight excluding hydrogens is 534 g/mol. The maximum absolute atomic E-state index is 11.7. The first-order valence-electron chi connectivity index (χ1n) is 12.8. The Kier molecular flexibility index (Phi) is 7.46. The summed E-state index contributed by atoms with van der Waals surface area (Å²) in [5.74, 6) is 1.22. The fraction of sp³-hybridized carbons (Fsp3) is 0.308. The fourth-order valence-electron chi connectivity index (χ4n) is 4.68. The van der Waals surface area contributed by atoms with E-state index in [-0.39, 0.29) is 12.2 Å². The van der Waals surface area contributed by atoms with E-state index in [0.29, 0.717) is 44.5 Å². The van der Waals surface area contributed by atoms with Crippen LogP contribution >= 0.6 is 11.3 Å². The number of aromatic amines is 1. The second kappa shape index (κ2) is 11.5. The van der Waals surface area contributed by atoms with E-state index in [2.05, 4.69) is 31.1 Å². The average Bonchev–Trinajstić information content (AvgIpc) is 3.65. The number of aliphatic hydroxyl groups excluding tert-OH is 1. The van der Waals surface area contributed by atoms with Gasteiger partial charge in [0, 0.05) is 54.5 Å². The highest BCUT2D eigenvalue weighted by Crippen LogP contribution is 2.36. The zero-order chi connectivity index (χ0) is 27.5. The first-order chi connectivity index (χ1) is 19.6. The normalized spacial score (nSPS) is 13.7. The number of aromatic nitrogens is 6. The molecule has 4 aromatic heterocycles. The van der Waals surface area contributed by atoms with Crippen LogP contribution in [0.1, 0.15) is 21.7 Å². The fourth-order valence-corrected chi connectivity index (χ4v) is 5.81. The van der Waals surface area contributed by atoms with Crippen LogP contribution in [0.25, 0.3) is 32.5 Å². The Morgan fingerprint density at radius 1 is 1.18 bits per heavy atom. The number of anilines is 2. The van der Waals surface area contributed by atoms with E-state index in [1.165, 1.54) is 12.4 Å². The number of ether oxygens (including phenoxy) is 1. The molecule has 4 N–H and O–H groups in total. The van der Waals surface area contributed by atoms with E-state index in [9.17, 15) is 9.90 Å². The van der Waals surface area contributed by atoms with Crippen LogP contribution in [0.4, 0.5) is 11.8 Å². The lowest BCUT2D eigenvalue weighted by atomic mass is 10.1. The number of fused-ring (bicyclic) bond motifs is 2. The van der Waals surface area contributed by atoms with E-state index in [0.717, 1.165) is 50.5 Å². The van der Waals surface area contributed by atoms with Crippen molar-refractivity contribution in [2.45, 2.75) is 13.0 Å². The molecule has 14 heteroatoms. The molecule has 0 bridgehead atoms. The molecule has 6 rings (SSSR count). The number of benzene rings is 1. The standard InChI is InChI=1S/C26H27N9O4S/c36-8-2-5-35(26-27-12-16(13-28-26)25(37)33-38)15-17-11-21-22(40-17)24(34-6-9-39-10-7-34)31-23(30-21)18-3-1-4-20-19(18)14-29-32-20/h1,3-4,11-14,36,38H,2,5-10,15H2,(H,29,32)(H,33,37). The lowest BCUT2D eigenvalue weighted by Crippen LogP contribution is -2.36. The van der Waals surface area contributed by atoms with E-state index >= 15 is 0 Å². The third-order valence-electron chi connectivity index (χ3n) is 6.66. The number of hydrogen-bond donors (Lipinski definition) is 4. The molecule has 0 spiro atoms. The molecule has 1 fully saturated rings. The minimum absolute atomic E-state index is 0.0174. The third kappa shape index (κ3) is 5.16. The van der Waals surface area contributed by atoms with Crippen LogP contribution in [-0.2, 0) is 11.3 Å². The van der Waals surface area contributed by atoms with Crippen molar-refractivity contribution in [3.05, 3.63) is 53.3 Å². The number of H-pyrrole nitrogens is 1. The van der Waals surface area contributed by atoms with Gasteiger partial charge < -0.3 is 19.6 Å². The lowest BCUT2D eigenvalue weighted by molar-refractivity contribution is 0.0705. The highest BCUT2D eigenvalue weighted by atomic mass is 32.1. The molecule has 13 nitrogen and oxygen atoms in total. The van der Waals surface area contributed by atoms with Crippen molar-refractivity contribution in [1.82, 2.24) is 35.6 Å². The summed E-state index contributed by atoms with van der Waals surface area (Å²) in [4.78, 5) is 35.6.